The molecular weight excluding hydrogens is 406 g/mol. The van der Waals surface area contributed by atoms with Crippen molar-refractivity contribution in [3.8, 4) is 11.5 Å². The van der Waals surface area contributed by atoms with Crippen LogP contribution in [0.3, 0.4) is 0 Å². The van der Waals surface area contributed by atoms with Gasteiger partial charge >= 0.3 is 12.2 Å². The maximum absolute atomic E-state index is 13.6. The normalized spacial score (nSPS) is 10.9. The number of ether oxygens (including phenoxy) is 2. The van der Waals surface area contributed by atoms with Crippen LogP contribution in [0.25, 0.3) is 0 Å². The highest BCUT2D eigenvalue weighted by Crippen LogP contribution is 2.29. The van der Waals surface area contributed by atoms with Crippen molar-refractivity contribution in [1.82, 2.24) is 9.55 Å². The lowest BCUT2D eigenvalue weighted by molar-refractivity contribution is -0.0502. The molecule has 2 aromatic carbocycles. The van der Waals surface area contributed by atoms with E-state index >= 15 is 0 Å². The summed E-state index contributed by atoms with van der Waals surface area (Å²) >= 11 is 0. The largest absolute Gasteiger partial charge is 0.490 e. The Morgan fingerprint density at radius 1 is 1.13 bits per heavy atom. The molecule has 0 aliphatic rings. The molecule has 158 valence electrons. The smallest absolute Gasteiger partial charge is 0.387 e. The summed E-state index contributed by atoms with van der Waals surface area (Å²) in [6.07, 6.45) is 1.33. The molecule has 0 aliphatic carbocycles. The van der Waals surface area contributed by atoms with E-state index in [1.54, 1.807) is 13.0 Å². The minimum absolute atomic E-state index is 0.0165. The van der Waals surface area contributed by atoms with Crippen LogP contribution in [0, 0.1) is 18.6 Å². The molecule has 0 saturated heterocycles. The Bertz CT molecular complexity index is 1100. The fourth-order valence-corrected chi connectivity index (χ4v) is 2.83. The Morgan fingerprint density at radius 3 is 2.47 bits per heavy atom. The third-order valence-electron chi connectivity index (χ3n) is 4.21. The van der Waals surface area contributed by atoms with Crippen LogP contribution in [0.2, 0.25) is 0 Å². The molecule has 3 aromatic rings. The first-order valence-corrected chi connectivity index (χ1v) is 8.68. The van der Waals surface area contributed by atoms with Crippen molar-refractivity contribution in [3.05, 3.63) is 75.7 Å². The van der Waals surface area contributed by atoms with Gasteiger partial charge < -0.3 is 19.4 Å². The SMILES string of the molecule is COc1cn(Cc2cc(F)cc(F)c2)c(Nc2cccc(OC(F)F)c2C)nc1=O. The molecule has 1 heterocycles. The number of aromatic nitrogens is 2. The Hall–Kier alpha value is -3.56. The summed E-state index contributed by atoms with van der Waals surface area (Å²) < 4.78 is 63.2. The second kappa shape index (κ2) is 8.85. The van der Waals surface area contributed by atoms with Crippen molar-refractivity contribution in [2.45, 2.75) is 20.1 Å². The molecule has 0 aliphatic heterocycles. The Balaban J connectivity index is 2.02. The van der Waals surface area contributed by atoms with Gasteiger partial charge in [-0.05, 0) is 36.8 Å². The summed E-state index contributed by atoms with van der Waals surface area (Å²) in [5, 5.41) is 2.88. The van der Waals surface area contributed by atoms with Crippen molar-refractivity contribution < 1.29 is 27.0 Å². The average Bonchev–Trinajstić information content (AvgIpc) is 2.65. The van der Waals surface area contributed by atoms with Gasteiger partial charge in [0.15, 0.2) is 0 Å². The molecule has 1 aromatic heterocycles. The summed E-state index contributed by atoms with van der Waals surface area (Å²) in [4.78, 5) is 16.0. The van der Waals surface area contributed by atoms with E-state index in [-0.39, 0.29) is 29.6 Å². The number of benzene rings is 2. The first-order valence-electron chi connectivity index (χ1n) is 8.68. The molecule has 0 bridgehead atoms. The lowest BCUT2D eigenvalue weighted by atomic mass is 10.2. The van der Waals surface area contributed by atoms with E-state index < -0.39 is 23.8 Å². The van der Waals surface area contributed by atoms with E-state index in [1.165, 1.54) is 30.0 Å². The Morgan fingerprint density at radius 2 is 1.83 bits per heavy atom. The molecule has 0 saturated carbocycles. The van der Waals surface area contributed by atoms with Crippen LogP contribution in [-0.2, 0) is 6.54 Å². The molecule has 0 atom stereocenters. The number of alkyl halides is 2. The highest BCUT2D eigenvalue weighted by atomic mass is 19.3. The van der Waals surface area contributed by atoms with Crippen molar-refractivity contribution in [1.29, 1.82) is 0 Å². The van der Waals surface area contributed by atoms with E-state index in [0.717, 1.165) is 18.2 Å². The lowest BCUT2D eigenvalue weighted by Crippen LogP contribution is -2.19. The van der Waals surface area contributed by atoms with Crippen LogP contribution in [0.15, 0.2) is 47.4 Å². The number of rotatable bonds is 7. The quantitative estimate of drug-likeness (QED) is 0.576. The number of nitrogens with one attached hydrogen (secondary N) is 1. The second-order valence-corrected chi connectivity index (χ2v) is 6.28. The van der Waals surface area contributed by atoms with Crippen LogP contribution in [0.5, 0.6) is 11.5 Å². The van der Waals surface area contributed by atoms with Gasteiger partial charge in [0.1, 0.15) is 17.4 Å². The van der Waals surface area contributed by atoms with Crippen molar-refractivity contribution in [2.24, 2.45) is 0 Å². The number of hydrogen-bond acceptors (Lipinski definition) is 5. The van der Waals surface area contributed by atoms with Crippen LogP contribution in [-0.4, -0.2) is 23.3 Å². The van der Waals surface area contributed by atoms with Gasteiger partial charge in [0.25, 0.3) is 0 Å². The monoisotopic (exact) mass is 423 g/mol. The van der Waals surface area contributed by atoms with Crippen LogP contribution < -0.4 is 20.3 Å². The maximum atomic E-state index is 13.6. The number of hydrogen-bond donors (Lipinski definition) is 1. The third-order valence-corrected chi connectivity index (χ3v) is 4.21. The second-order valence-electron chi connectivity index (χ2n) is 6.28. The average molecular weight is 423 g/mol. The Labute approximate surface area is 168 Å². The molecule has 0 unspecified atom stereocenters. The fraction of sp³-hybridized carbons (Fsp3) is 0.200. The summed E-state index contributed by atoms with van der Waals surface area (Å²) in [7, 11) is 1.28. The van der Waals surface area contributed by atoms with Gasteiger partial charge in [-0.3, -0.25) is 4.79 Å². The number of anilines is 2. The highest BCUT2D eigenvalue weighted by Gasteiger charge is 2.14. The third kappa shape index (κ3) is 4.88. The van der Waals surface area contributed by atoms with Crippen LogP contribution in [0.4, 0.5) is 29.2 Å². The molecule has 0 radical (unpaired) electrons. The van der Waals surface area contributed by atoms with Gasteiger partial charge in [-0.2, -0.15) is 13.8 Å². The van der Waals surface area contributed by atoms with Crippen molar-refractivity contribution in [3.63, 3.8) is 0 Å². The zero-order valence-corrected chi connectivity index (χ0v) is 16.0. The van der Waals surface area contributed by atoms with Gasteiger partial charge in [0.2, 0.25) is 11.7 Å². The first kappa shape index (κ1) is 21.2. The molecule has 3 rings (SSSR count). The number of nitrogens with zero attached hydrogens (tertiary/aromatic N) is 2. The summed E-state index contributed by atoms with van der Waals surface area (Å²) in [6, 6.07) is 7.46. The summed E-state index contributed by atoms with van der Waals surface area (Å²) in [5.41, 5.74) is 0.296. The summed E-state index contributed by atoms with van der Waals surface area (Å²) in [6.45, 7) is -1.50. The lowest BCUT2D eigenvalue weighted by Gasteiger charge is -2.17. The zero-order valence-electron chi connectivity index (χ0n) is 16.0. The predicted octanol–water partition coefficient (Wildman–Crippen LogP) is 4.23. The van der Waals surface area contributed by atoms with Crippen LogP contribution in [0.1, 0.15) is 11.1 Å². The molecule has 0 spiro atoms. The van der Waals surface area contributed by atoms with Gasteiger partial charge in [0, 0.05) is 17.3 Å². The molecule has 30 heavy (non-hydrogen) atoms. The molecule has 0 amide bonds. The van der Waals surface area contributed by atoms with Crippen LogP contribution >= 0.6 is 0 Å². The summed E-state index contributed by atoms with van der Waals surface area (Å²) in [5.74, 6) is -1.63. The van der Waals surface area contributed by atoms with E-state index in [4.69, 9.17) is 4.74 Å². The fourth-order valence-electron chi connectivity index (χ4n) is 2.83. The van der Waals surface area contributed by atoms with Crippen molar-refractivity contribution >= 4 is 11.6 Å². The van der Waals surface area contributed by atoms with Gasteiger partial charge in [0.05, 0.1) is 19.9 Å². The minimum atomic E-state index is -3.00. The van der Waals surface area contributed by atoms with Gasteiger partial charge in [-0.25, -0.2) is 8.78 Å². The number of methoxy groups -OCH3 is 1. The maximum Gasteiger partial charge on any atom is 0.387 e. The van der Waals surface area contributed by atoms with E-state index in [9.17, 15) is 22.4 Å². The predicted molar refractivity (Wildman–Crippen MR) is 102 cm³/mol. The van der Waals surface area contributed by atoms with Gasteiger partial charge in [-0.1, -0.05) is 6.07 Å². The topological polar surface area (TPSA) is 65.4 Å². The van der Waals surface area contributed by atoms with E-state index in [2.05, 4.69) is 15.0 Å². The highest BCUT2D eigenvalue weighted by molar-refractivity contribution is 5.62. The molecule has 1 N–H and O–H groups in total. The van der Waals surface area contributed by atoms with Gasteiger partial charge in [-0.15, -0.1) is 0 Å². The molecule has 10 heteroatoms. The van der Waals surface area contributed by atoms with E-state index in [0.29, 0.717) is 11.3 Å². The molecule has 0 fully saturated rings. The van der Waals surface area contributed by atoms with Crippen molar-refractivity contribution in [2.75, 3.05) is 12.4 Å². The molecule has 6 nitrogen and oxygen atoms in total. The number of halogens is 4. The first-order chi connectivity index (χ1) is 14.3. The van der Waals surface area contributed by atoms with E-state index in [1.807, 2.05) is 0 Å². The Kier molecular flexibility index (Phi) is 6.24. The minimum Gasteiger partial charge on any atom is -0.490 e. The molecular formula is C20H17F4N3O3. The standard InChI is InChI=1S/C20H17F4N3O3/c1-11-15(4-3-5-16(11)30-19(23)24)25-20-26-18(28)17(29-2)10-27(20)9-12-6-13(21)8-14(22)7-12/h3-8,10,19H,9H2,1-2H3,(H,25,26,28). The zero-order chi connectivity index (χ0) is 21.8.